The van der Waals surface area contributed by atoms with Gasteiger partial charge in [0.2, 0.25) is 0 Å². The number of alkyl halides is 2. The zero-order valence-electron chi connectivity index (χ0n) is 6.05. The van der Waals surface area contributed by atoms with Crippen LogP contribution >= 0.6 is 11.6 Å². The number of aromatic nitrogens is 1. The molecule has 0 aliphatic rings. The summed E-state index contributed by atoms with van der Waals surface area (Å²) < 4.78 is 24.2. The first-order valence-corrected chi connectivity index (χ1v) is 3.64. The van der Waals surface area contributed by atoms with Gasteiger partial charge >= 0.3 is 0 Å². The Balaban J connectivity index is 2.94. The first-order chi connectivity index (χ1) is 5.63. The maximum atomic E-state index is 12.1. The molecule has 12 heavy (non-hydrogen) atoms. The van der Waals surface area contributed by atoms with E-state index >= 15 is 0 Å². The highest BCUT2D eigenvalue weighted by molar-refractivity contribution is 6.31. The third-order valence-electron chi connectivity index (χ3n) is 1.43. The van der Waals surface area contributed by atoms with Gasteiger partial charge in [-0.1, -0.05) is 11.6 Å². The van der Waals surface area contributed by atoms with Gasteiger partial charge in [-0.3, -0.25) is 4.98 Å². The average Bonchev–Trinajstić information content (AvgIpc) is 2.04. The molecule has 0 bridgehead atoms. The summed E-state index contributed by atoms with van der Waals surface area (Å²) in [6, 6.07) is 0.0552. The minimum absolute atomic E-state index is 0.172. The number of hydrogen-bond donors (Lipinski definition) is 1. The molecule has 0 unspecified atom stereocenters. The fraction of sp³-hybridized carbons (Fsp3) is 0.286. The van der Waals surface area contributed by atoms with E-state index in [0.29, 0.717) is 0 Å². The minimum atomic E-state index is -2.61. The molecule has 0 saturated heterocycles. The number of rotatable bonds is 2. The first kappa shape index (κ1) is 9.35. The smallest absolute Gasteiger partial charge is 0.257 e. The second-order valence-corrected chi connectivity index (χ2v) is 2.66. The van der Waals surface area contributed by atoms with Gasteiger partial charge in [0.25, 0.3) is 6.43 Å². The molecule has 0 fully saturated rings. The number of halogens is 3. The van der Waals surface area contributed by atoms with Crippen LogP contribution < -0.4 is 5.73 Å². The molecule has 1 rings (SSSR count). The molecule has 1 atom stereocenters. The Labute approximate surface area is 73.4 Å². The molecule has 1 aromatic heterocycles. The topological polar surface area (TPSA) is 38.9 Å². The lowest BCUT2D eigenvalue weighted by atomic mass is 10.1. The maximum absolute atomic E-state index is 12.1. The van der Waals surface area contributed by atoms with Gasteiger partial charge in [-0.2, -0.15) is 0 Å². The second kappa shape index (κ2) is 3.78. The lowest BCUT2D eigenvalue weighted by Crippen LogP contribution is -2.19. The van der Waals surface area contributed by atoms with Crippen molar-refractivity contribution in [2.45, 2.75) is 12.5 Å². The van der Waals surface area contributed by atoms with E-state index in [1.165, 1.54) is 18.5 Å². The number of pyridine rings is 1. The van der Waals surface area contributed by atoms with Crippen LogP contribution in [0.3, 0.4) is 0 Å². The molecular formula is C7H7ClF2N2. The van der Waals surface area contributed by atoms with E-state index in [4.69, 9.17) is 17.3 Å². The Morgan fingerprint density at radius 2 is 2.17 bits per heavy atom. The van der Waals surface area contributed by atoms with Gasteiger partial charge in [0, 0.05) is 12.4 Å². The molecule has 1 aromatic rings. The number of hydrogen-bond acceptors (Lipinski definition) is 2. The molecule has 1 heterocycles. The van der Waals surface area contributed by atoms with Gasteiger partial charge < -0.3 is 5.73 Å². The summed E-state index contributed by atoms with van der Waals surface area (Å²) >= 11 is 5.59. The lowest BCUT2D eigenvalue weighted by molar-refractivity contribution is 0.116. The third kappa shape index (κ3) is 1.89. The van der Waals surface area contributed by atoms with Crippen LogP contribution in [0.25, 0.3) is 0 Å². The Morgan fingerprint density at radius 1 is 1.50 bits per heavy atom. The van der Waals surface area contributed by atoms with E-state index in [2.05, 4.69) is 4.98 Å². The molecule has 0 saturated carbocycles. The summed E-state index contributed by atoms with van der Waals surface area (Å²) in [7, 11) is 0. The Bertz CT molecular complexity index is 267. The van der Waals surface area contributed by atoms with Gasteiger partial charge in [-0.25, -0.2) is 8.78 Å². The van der Waals surface area contributed by atoms with E-state index in [9.17, 15) is 8.78 Å². The highest BCUT2D eigenvalue weighted by Crippen LogP contribution is 2.23. The molecule has 0 aliphatic carbocycles. The van der Waals surface area contributed by atoms with Crippen LogP contribution in [-0.4, -0.2) is 11.4 Å². The van der Waals surface area contributed by atoms with E-state index in [-0.39, 0.29) is 10.6 Å². The van der Waals surface area contributed by atoms with E-state index < -0.39 is 12.5 Å². The summed E-state index contributed by atoms with van der Waals surface area (Å²) in [5.74, 6) is 0. The van der Waals surface area contributed by atoms with Crippen LogP contribution in [-0.2, 0) is 0 Å². The van der Waals surface area contributed by atoms with Crippen LogP contribution in [0.5, 0.6) is 0 Å². The fourth-order valence-corrected chi connectivity index (χ4v) is 1.04. The fourth-order valence-electron chi connectivity index (χ4n) is 0.792. The number of nitrogens with zero attached hydrogens (tertiary/aromatic N) is 1. The van der Waals surface area contributed by atoms with Gasteiger partial charge in [-0.05, 0) is 11.6 Å². The van der Waals surface area contributed by atoms with E-state index in [1.807, 2.05) is 0 Å². The Kier molecular flexibility index (Phi) is 2.94. The molecule has 0 spiro atoms. The van der Waals surface area contributed by atoms with Gasteiger partial charge in [0.1, 0.15) is 0 Å². The van der Waals surface area contributed by atoms with Crippen molar-refractivity contribution < 1.29 is 8.78 Å². The van der Waals surface area contributed by atoms with E-state index in [1.54, 1.807) is 0 Å². The SMILES string of the molecule is N[C@@H](c1ccncc1Cl)C(F)F. The molecule has 66 valence electrons. The zero-order chi connectivity index (χ0) is 9.14. The van der Waals surface area contributed by atoms with Crippen molar-refractivity contribution in [3.05, 3.63) is 29.0 Å². The molecule has 5 heteroatoms. The monoisotopic (exact) mass is 192 g/mol. The molecule has 2 N–H and O–H groups in total. The quantitative estimate of drug-likeness (QED) is 0.779. The zero-order valence-corrected chi connectivity index (χ0v) is 6.80. The first-order valence-electron chi connectivity index (χ1n) is 3.26. The molecular weight excluding hydrogens is 186 g/mol. The van der Waals surface area contributed by atoms with Crippen LogP contribution in [0.2, 0.25) is 5.02 Å². The van der Waals surface area contributed by atoms with Gasteiger partial charge in [0.05, 0.1) is 11.1 Å². The lowest BCUT2D eigenvalue weighted by Gasteiger charge is -2.11. The average molecular weight is 193 g/mol. The van der Waals surface area contributed by atoms with Crippen molar-refractivity contribution in [3.63, 3.8) is 0 Å². The van der Waals surface area contributed by atoms with Crippen molar-refractivity contribution in [3.8, 4) is 0 Å². The summed E-state index contributed by atoms with van der Waals surface area (Å²) in [5, 5.41) is 0.172. The molecule has 2 nitrogen and oxygen atoms in total. The third-order valence-corrected chi connectivity index (χ3v) is 1.75. The Hall–Kier alpha value is -0.740. The van der Waals surface area contributed by atoms with Crippen molar-refractivity contribution >= 4 is 11.6 Å². The van der Waals surface area contributed by atoms with Gasteiger partial charge in [0.15, 0.2) is 0 Å². The van der Waals surface area contributed by atoms with Gasteiger partial charge in [-0.15, -0.1) is 0 Å². The number of nitrogens with two attached hydrogens (primary N) is 1. The standard InChI is InChI=1S/C7H7ClF2N2/c8-5-3-12-2-1-4(5)6(11)7(9)10/h1-3,6-7H,11H2/t6-/m0/s1. The summed E-state index contributed by atoms with van der Waals surface area (Å²) in [5.41, 5.74) is 5.40. The molecule has 0 aromatic carbocycles. The van der Waals surface area contributed by atoms with Crippen molar-refractivity contribution in [2.75, 3.05) is 0 Å². The van der Waals surface area contributed by atoms with Crippen LogP contribution in [0.1, 0.15) is 11.6 Å². The predicted molar refractivity (Wildman–Crippen MR) is 42.2 cm³/mol. The summed E-state index contributed by atoms with van der Waals surface area (Å²) in [6.07, 6.45) is 0.0627. The Morgan fingerprint density at radius 3 is 2.67 bits per heavy atom. The highest BCUT2D eigenvalue weighted by Gasteiger charge is 2.19. The van der Waals surface area contributed by atoms with E-state index in [0.717, 1.165) is 0 Å². The normalized spacial score (nSPS) is 13.4. The second-order valence-electron chi connectivity index (χ2n) is 2.26. The summed E-state index contributed by atoms with van der Waals surface area (Å²) in [4.78, 5) is 3.65. The highest BCUT2D eigenvalue weighted by atomic mass is 35.5. The van der Waals surface area contributed by atoms with Crippen LogP contribution in [0, 0.1) is 0 Å². The molecule has 0 amide bonds. The van der Waals surface area contributed by atoms with Crippen LogP contribution in [0.15, 0.2) is 18.5 Å². The molecule has 0 aliphatic heterocycles. The molecule has 0 radical (unpaired) electrons. The van der Waals surface area contributed by atoms with Crippen molar-refractivity contribution in [1.29, 1.82) is 0 Å². The van der Waals surface area contributed by atoms with Crippen molar-refractivity contribution in [1.82, 2.24) is 4.98 Å². The minimum Gasteiger partial charge on any atom is -0.319 e. The maximum Gasteiger partial charge on any atom is 0.257 e. The largest absolute Gasteiger partial charge is 0.319 e. The predicted octanol–water partition coefficient (Wildman–Crippen LogP) is 2.00. The summed E-state index contributed by atoms with van der Waals surface area (Å²) in [6.45, 7) is 0. The van der Waals surface area contributed by atoms with Crippen molar-refractivity contribution in [2.24, 2.45) is 5.73 Å². The van der Waals surface area contributed by atoms with Crippen LogP contribution in [0.4, 0.5) is 8.78 Å².